The monoisotopic (exact) mass is 456 g/mol. The summed E-state index contributed by atoms with van der Waals surface area (Å²) in [5, 5.41) is 15.8. The highest BCUT2D eigenvalue weighted by atomic mass is 16.5. The molecule has 1 heterocycles. The summed E-state index contributed by atoms with van der Waals surface area (Å²) in [6.07, 6.45) is 1.12. The van der Waals surface area contributed by atoms with E-state index in [1.807, 2.05) is 13.0 Å². The normalized spacial score (nSPS) is 11.5. The minimum atomic E-state index is -1.11. The molecule has 0 spiro atoms. The Morgan fingerprint density at radius 2 is 1.82 bits per heavy atom. The molecule has 0 bridgehead atoms. The van der Waals surface area contributed by atoms with Crippen molar-refractivity contribution in [3.8, 4) is 39.6 Å². The van der Waals surface area contributed by atoms with Gasteiger partial charge >= 0.3 is 5.97 Å². The number of carboxylic acids is 1. The molecule has 3 aromatic rings. The fourth-order valence-corrected chi connectivity index (χ4v) is 3.45. The molecule has 3 rings (SSSR count). The van der Waals surface area contributed by atoms with Crippen LogP contribution in [0.4, 0.5) is 5.69 Å². The van der Waals surface area contributed by atoms with Crippen molar-refractivity contribution in [2.24, 2.45) is 0 Å². The van der Waals surface area contributed by atoms with Crippen LogP contribution in [0.2, 0.25) is 0 Å². The van der Waals surface area contributed by atoms with Gasteiger partial charge in [-0.3, -0.25) is 9.59 Å². The summed E-state index contributed by atoms with van der Waals surface area (Å²) < 4.78 is 21.5. The second-order valence-corrected chi connectivity index (χ2v) is 7.30. The quantitative estimate of drug-likeness (QED) is 0.444. The van der Waals surface area contributed by atoms with Crippen LogP contribution in [-0.2, 0) is 9.59 Å². The third-order valence-corrected chi connectivity index (χ3v) is 5.07. The Kier molecular flexibility index (Phi) is 7.19. The molecule has 0 fully saturated rings. The zero-order valence-electron chi connectivity index (χ0n) is 18.8. The molecule has 0 aliphatic rings. The fourth-order valence-electron chi connectivity index (χ4n) is 3.45. The number of amides is 1. The molecular formula is C23H26N3O7+. The number of hydrogen-bond acceptors (Lipinski definition) is 7. The Bertz CT molecular complexity index is 1170. The molecule has 0 aliphatic carbocycles. The molecular weight excluding hydrogens is 430 g/mol. The van der Waals surface area contributed by atoms with Gasteiger partial charge in [-0.1, -0.05) is 11.2 Å². The maximum Gasteiger partial charge on any atom is 0.309 e. The van der Waals surface area contributed by atoms with Gasteiger partial charge in [-0.05, 0) is 42.3 Å². The highest BCUT2D eigenvalue weighted by Gasteiger charge is 2.23. The van der Waals surface area contributed by atoms with E-state index in [-0.39, 0.29) is 6.42 Å². The van der Waals surface area contributed by atoms with E-state index in [1.54, 1.807) is 38.5 Å². The molecule has 10 nitrogen and oxygen atoms in total. The molecule has 1 aromatic heterocycles. The maximum atomic E-state index is 12.4. The van der Waals surface area contributed by atoms with E-state index in [0.717, 1.165) is 11.1 Å². The van der Waals surface area contributed by atoms with Crippen molar-refractivity contribution < 1.29 is 39.2 Å². The lowest BCUT2D eigenvalue weighted by Crippen LogP contribution is -2.66. The van der Waals surface area contributed by atoms with Crippen LogP contribution in [0, 0.1) is 6.92 Å². The summed E-state index contributed by atoms with van der Waals surface area (Å²) in [5.74, 6) is -0.0393. The predicted octanol–water partition coefficient (Wildman–Crippen LogP) is 2.37. The Morgan fingerprint density at radius 1 is 1.09 bits per heavy atom. The number of anilines is 1. The summed E-state index contributed by atoms with van der Waals surface area (Å²) in [5.41, 5.74) is 7.56. The maximum absolute atomic E-state index is 12.4. The first kappa shape index (κ1) is 23.6. The predicted molar refractivity (Wildman–Crippen MR) is 119 cm³/mol. The first-order valence-electron chi connectivity index (χ1n) is 10.0. The highest BCUT2D eigenvalue weighted by Crippen LogP contribution is 2.40. The third kappa shape index (κ3) is 5.07. The fraction of sp³-hybridized carbons (Fsp3) is 0.261. The smallest absolute Gasteiger partial charge is 0.309 e. The molecule has 174 valence electrons. The van der Waals surface area contributed by atoms with E-state index in [0.29, 0.717) is 39.8 Å². The van der Waals surface area contributed by atoms with Gasteiger partial charge in [0, 0.05) is 11.1 Å². The zero-order chi connectivity index (χ0) is 24.1. The van der Waals surface area contributed by atoms with Gasteiger partial charge in [-0.25, -0.2) is 0 Å². The van der Waals surface area contributed by atoms with Crippen LogP contribution < -0.4 is 25.3 Å². The number of carboxylic acid groups (broad SMARTS) is 1. The molecule has 1 atom stereocenters. The van der Waals surface area contributed by atoms with Crippen molar-refractivity contribution in [1.29, 1.82) is 0 Å². The molecule has 0 radical (unpaired) electrons. The van der Waals surface area contributed by atoms with Crippen molar-refractivity contribution in [1.82, 2.24) is 5.16 Å². The molecule has 0 aliphatic heterocycles. The Labute approximate surface area is 190 Å². The minimum Gasteiger partial charge on any atom is -0.495 e. The summed E-state index contributed by atoms with van der Waals surface area (Å²) in [6.45, 7) is 1.90. The van der Waals surface area contributed by atoms with Gasteiger partial charge in [-0.2, -0.15) is 0 Å². The number of aliphatic carboxylic acids is 1. The molecule has 0 saturated heterocycles. The number of benzene rings is 2. The average molecular weight is 456 g/mol. The first-order chi connectivity index (χ1) is 15.8. The van der Waals surface area contributed by atoms with Gasteiger partial charge in [-0.15, -0.1) is 0 Å². The summed E-state index contributed by atoms with van der Waals surface area (Å²) in [7, 11) is 4.61. The average Bonchev–Trinajstić information content (AvgIpc) is 3.28. The van der Waals surface area contributed by atoms with Crippen LogP contribution in [0.25, 0.3) is 22.4 Å². The summed E-state index contributed by atoms with van der Waals surface area (Å²) in [6, 6.07) is 7.95. The van der Waals surface area contributed by atoms with Gasteiger partial charge < -0.3 is 34.9 Å². The lowest BCUT2D eigenvalue weighted by Gasteiger charge is -2.14. The van der Waals surface area contributed by atoms with E-state index in [2.05, 4.69) is 16.2 Å². The molecule has 1 unspecified atom stereocenters. The van der Waals surface area contributed by atoms with Crippen LogP contribution in [0.15, 0.2) is 41.1 Å². The Morgan fingerprint density at radius 3 is 2.45 bits per heavy atom. The SMILES string of the molecule is COc1ccc(-c2conc2-c2cc(C)c(OC)c(OC)c2)cc1NC(=O)C([NH3+])CC(=O)O. The van der Waals surface area contributed by atoms with Crippen LogP contribution in [0.1, 0.15) is 12.0 Å². The molecule has 10 heteroatoms. The summed E-state index contributed by atoms with van der Waals surface area (Å²) in [4.78, 5) is 23.3. The van der Waals surface area contributed by atoms with Crippen LogP contribution >= 0.6 is 0 Å². The van der Waals surface area contributed by atoms with E-state index in [4.69, 9.17) is 23.8 Å². The number of methoxy groups -OCH3 is 3. The van der Waals surface area contributed by atoms with Crippen molar-refractivity contribution >= 4 is 17.6 Å². The summed E-state index contributed by atoms with van der Waals surface area (Å²) >= 11 is 0. The second-order valence-electron chi connectivity index (χ2n) is 7.30. The number of nitrogens with zero attached hydrogens (tertiary/aromatic N) is 1. The van der Waals surface area contributed by atoms with E-state index >= 15 is 0 Å². The Hall–Kier alpha value is -4.05. The van der Waals surface area contributed by atoms with E-state index < -0.39 is 17.9 Å². The highest BCUT2D eigenvalue weighted by molar-refractivity contribution is 5.97. The third-order valence-electron chi connectivity index (χ3n) is 5.07. The van der Waals surface area contributed by atoms with Gasteiger partial charge in [0.25, 0.3) is 5.91 Å². The van der Waals surface area contributed by atoms with Crippen molar-refractivity contribution in [2.75, 3.05) is 26.6 Å². The van der Waals surface area contributed by atoms with Crippen molar-refractivity contribution in [3.63, 3.8) is 0 Å². The van der Waals surface area contributed by atoms with Crippen LogP contribution in [0.5, 0.6) is 17.2 Å². The standard InChI is InChI=1S/C23H25N3O7/c1-12-7-14(9-19(31-3)22(12)32-4)21-15(11-33-26-21)13-5-6-18(30-2)17(8-13)25-23(29)16(24)10-20(27)28/h5-9,11,16H,10,24H2,1-4H3,(H,25,29)(H,27,28)/p+1. The lowest BCUT2D eigenvalue weighted by molar-refractivity contribution is -0.401. The number of aryl methyl sites for hydroxylation is 1. The van der Waals surface area contributed by atoms with Gasteiger partial charge in [0.2, 0.25) is 0 Å². The lowest BCUT2D eigenvalue weighted by atomic mass is 9.99. The van der Waals surface area contributed by atoms with Gasteiger partial charge in [0.15, 0.2) is 17.5 Å². The van der Waals surface area contributed by atoms with Crippen LogP contribution in [0.3, 0.4) is 0 Å². The molecule has 0 saturated carbocycles. The first-order valence-corrected chi connectivity index (χ1v) is 10.0. The molecule has 33 heavy (non-hydrogen) atoms. The van der Waals surface area contributed by atoms with Gasteiger partial charge in [0.1, 0.15) is 24.1 Å². The Balaban J connectivity index is 2.01. The molecule has 1 amide bonds. The number of hydrogen-bond donors (Lipinski definition) is 3. The minimum absolute atomic E-state index is 0.370. The number of quaternary nitrogens is 1. The topological polar surface area (TPSA) is 148 Å². The van der Waals surface area contributed by atoms with Crippen molar-refractivity contribution in [2.45, 2.75) is 19.4 Å². The van der Waals surface area contributed by atoms with E-state index in [9.17, 15) is 9.59 Å². The number of nitrogens with one attached hydrogen (secondary N) is 1. The van der Waals surface area contributed by atoms with Crippen LogP contribution in [-0.4, -0.2) is 49.5 Å². The number of carbonyl (C=O) groups is 2. The molecule has 2 aromatic carbocycles. The molecule has 5 N–H and O–H groups in total. The number of rotatable bonds is 9. The van der Waals surface area contributed by atoms with Crippen molar-refractivity contribution in [3.05, 3.63) is 42.2 Å². The number of carbonyl (C=O) groups excluding carboxylic acids is 1. The number of ether oxygens (including phenoxy) is 3. The number of aromatic nitrogens is 1. The van der Waals surface area contributed by atoms with E-state index in [1.165, 1.54) is 13.4 Å². The van der Waals surface area contributed by atoms with Gasteiger partial charge in [0.05, 0.1) is 27.0 Å². The largest absolute Gasteiger partial charge is 0.495 e. The second kappa shape index (κ2) is 10.0. The zero-order valence-corrected chi connectivity index (χ0v) is 18.8.